The first kappa shape index (κ1) is 22.4. The Balaban J connectivity index is 1.54. The highest BCUT2D eigenvalue weighted by atomic mass is 35.5. The molecule has 0 aliphatic rings. The van der Waals surface area contributed by atoms with Crippen LogP contribution in [0.4, 0.5) is 0 Å². The molecule has 2 aromatic carbocycles. The van der Waals surface area contributed by atoms with Crippen molar-refractivity contribution >= 4 is 29.1 Å². The third-order valence-electron chi connectivity index (χ3n) is 5.49. The van der Waals surface area contributed by atoms with Gasteiger partial charge in [-0.15, -0.1) is 10.2 Å². The zero-order valence-corrected chi connectivity index (χ0v) is 20.2. The van der Waals surface area contributed by atoms with Crippen LogP contribution in [0.5, 0.6) is 0 Å². The molecule has 0 radical (unpaired) electrons. The summed E-state index contributed by atoms with van der Waals surface area (Å²) >= 11 is 7.43. The molecule has 0 fully saturated rings. The molecule has 0 saturated carbocycles. The van der Waals surface area contributed by atoms with E-state index in [9.17, 15) is 4.79 Å². The molecule has 164 valence electrons. The fourth-order valence-electron chi connectivity index (χ4n) is 3.84. The van der Waals surface area contributed by atoms with Gasteiger partial charge in [-0.2, -0.15) is 0 Å². The highest BCUT2D eigenvalue weighted by Crippen LogP contribution is 2.27. The molecule has 0 amide bonds. The summed E-state index contributed by atoms with van der Waals surface area (Å²) < 4.78 is 4.15. The Morgan fingerprint density at radius 2 is 1.69 bits per heavy atom. The Labute approximate surface area is 197 Å². The number of carbonyl (C=O) groups excluding carboxylic acids is 1. The molecule has 0 aliphatic heterocycles. The fraction of sp³-hybridized carbons (Fsp3) is 0.240. The van der Waals surface area contributed by atoms with Gasteiger partial charge in [-0.3, -0.25) is 4.79 Å². The van der Waals surface area contributed by atoms with Gasteiger partial charge in [0.2, 0.25) is 0 Å². The molecule has 4 aromatic rings. The number of hydrogen-bond donors (Lipinski definition) is 0. The summed E-state index contributed by atoms with van der Waals surface area (Å²) in [6.07, 6.45) is 0. The first-order valence-electron chi connectivity index (χ1n) is 10.5. The van der Waals surface area contributed by atoms with E-state index < -0.39 is 0 Å². The van der Waals surface area contributed by atoms with Gasteiger partial charge in [0.1, 0.15) is 0 Å². The van der Waals surface area contributed by atoms with Gasteiger partial charge in [0.05, 0.1) is 5.75 Å². The Hall–Kier alpha value is -2.83. The van der Waals surface area contributed by atoms with Crippen LogP contribution in [0.3, 0.4) is 0 Å². The molecule has 2 aromatic heterocycles. The average Bonchev–Trinajstić information content (AvgIpc) is 3.33. The van der Waals surface area contributed by atoms with Crippen LogP contribution >= 0.6 is 23.4 Å². The third-order valence-corrected chi connectivity index (χ3v) is 6.71. The zero-order chi connectivity index (χ0) is 22.8. The van der Waals surface area contributed by atoms with Crippen LogP contribution in [0.2, 0.25) is 5.02 Å². The lowest BCUT2D eigenvalue weighted by Gasteiger charge is -2.10. The number of aromatic nitrogens is 4. The van der Waals surface area contributed by atoms with Crippen molar-refractivity contribution in [3.8, 4) is 17.1 Å². The number of carbonyl (C=O) groups is 1. The molecule has 0 aliphatic carbocycles. The molecule has 0 atom stereocenters. The molecule has 0 N–H and O–H groups in total. The van der Waals surface area contributed by atoms with Crippen LogP contribution in [-0.2, 0) is 6.54 Å². The molecule has 32 heavy (non-hydrogen) atoms. The Morgan fingerprint density at radius 1 is 1.00 bits per heavy atom. The van der Waals surface area contributed by atoms with Crippen LogP contribution in [0, 0.1) is 20.8 Å². The minimum absolute atomic E-state index is 0.0835. The number of rotatable bonds is 7. The van der Waals surface area contributed by atoms with Gasteiger partial charge in [0, 0.05) is 39.8 Å². The summed E-state index contributed by atoms with van der Waals surface area (Å²) in [4.78, 5) is 13.1. The average molecular weight is 465 g/mol. The molecule has 0 bridgehead atoms. The smallest absolute Gasteiger partial charge is 0.191 e. The SMILES string of the molecule is CCn1c(SCC(=O)c2cc(C)n(-c3ccc(C)cc3)c2C)nnc1-c1ccc(Cl)cc1. The van der Waals surface area contributed by atoms with Crippen molar-refractivity contribution in [2.24, 2.45) is 0 Å². The van der Waals surface area contributed by atoms with Gasteiger partial charge in [-0.25, -0.2) is 0 Å². The van der Waals surface area contributed by atoms with Crippen molar-refractivity contribution in [1.29, 1.82) is 0 Å². The summed E-state index contributed by atoms with van der Waals surface area (Å²) in [5.74, 6) is 1.16. The van der Waals surface area contributed by atoms with Crippen molar-refractivity contribution in [2.45, 2.75) is 39.4 Å². The molecule has 7 heteroatoms. The van der Waals surface area contributed by atoms with Crippen LogP contribution < -0.4 is 0 Å². The Bertz CT molecular complexity index is 1260. The van der Waals surface area contributed by atoms with E-state index in [1.807, 2.05) is 55.7 Å². The van der Waals surface area contributed by atoms with Crippen LogP contribution in [0.15, 0.2) is 59.8 Å². The summed E-state index contributed by atoms with van der Waals surface area (Å²) in [6.45, 7) is 8.85. The summed E-state index contributed by atoms with van der Waals surface area (Å²) in [5, 5.41) is 10.1. The summed E-state index contributed by atoms with van der Waals surface area (Å²) in [5.41, 5.74) is 5.97. The topological polar surface area (TPSA) is 52.7 Å². The summed E-state index contributed by atoms with van der Waals surface area (Å²) in [7, 11) is 0. The largest absolute Gasteiger partial charge is 0.318 e. The third kappa shape index (κ3) is 4.38. The standard InChI is InChI=1S/C25H25ClN4OS/c1-5-29-24(19-8-10-20(26)11-9-19)27-28-25(29)32-15-23(31)22-14-17(3)30(18(22)4)21-12-6-16(2)7-13-21/h6-14H,5,15H2,1-4H3. The minimum atomic E-state index is 0.0835. The van der Waals surface area contributed by atoms with Crippen LogP contribution in [-0.4, -0.2) is 30.9 Å². The number of Topliss-reactive ketones (excluding diaryl/α,β-unsaturated/α-hetero) is 1. The molecular formula is C25H25ClN4OS. The van der Waals surface area contributed by atoms with Gasteiger partial charge in [-0.05, 0) is 70.2 Å². The van der Waals surface area contributed by atoms with Crippen LogP contribution in [0.25, 0.3) is 17.1 Å². The minimum Gasteiger partial charge on any atom is -0.318 e. The number of halogens is 1. The maximum Gasteiger partial charge on any atom is 0.191 e. The van der Waals surface area contributed by atoms with Gasteiger partial charge < -0.3 is 9.13 Å². The number of aryl methyl sites for hydroxylation is 2. The molecule has 0 saturated heterocycles. The first-order valence-corrected chi connectivity index (χ1v) is 11.9. The van der Waals surface area contributed by atoms with Gasteiger partial charge >= 0.3 is 0 Å². The zero-order valence-electron chi connectivity index (χ0n) is 18.6. The number of nitrogens with zero attached hydrogens (tertiary/aromatic N) is 4. The van der Waals surface area contributed by atoms with E-state index in [1.165, 1.54) is 17.3 Å². The Morgan fingerprint density at radius 3 is 2.34 bits per heavy atom. The maximum atomic E-state index is 13.1. The number of ketones is 1. The molecule has 5 nitrogen and oxygen atoms in total. The van der Waals surface area contributed by atoms with Crippen molar-refractivity contribution < 1.29 is 4.79 Å². The quantitative estimate of drug-likeness (QED) is 0.237. The van der Waals surface area contributed by atoms with E-state index >= 15 is 0 Å². The second kappa shape index (κ2) is 9.35. The molecule has 0 unspecified atom stereocenters. The van der Waals surface area contributed by atoms with E-state index in [-0.39, 0.29) is 5.78 Å². The highest BCUT2D eigenvalue weighted by molar-refractivity contribution is 7.99. The van der Waals surface area contributed by atoms with E-state index in [0.717, 1.165) is 39.2 Å². The van der Waals surface area contributed by atoms with Crippen molar-refractivity contribution in [3.05, 3.63) is 82.1 Å². The van der Waals surface area contributed by atoms with Crippen molar-refractivity contribution in [1.82, 2.24) is 19.3 Å². The van der Waals surface area contributed by atoms with Gasteiger partial charge in [0.25, 0.3) is 0 Å². The molecule has 0 spiro atoms. The normalized spacial score (nSPS) is 11.2. The predicted octanol–water partition coefficient (Wildman–Crippen LogP) is 6.31. The molecule has 2 heterocycles. The number of benzene rings is 2. The van der Waals surface area contributed by atoms with E-state index in [1.54, 1.807) is 0 Å². The Kier molecular flexibility index (Phi) is 6.53. The van der Waals surface area contributed by atoms with Gasteiger partial charge in [-0.1, -0.05) is 41.1 Å². The van der Waals surface area contributed by atoms with Crippen LogP contribution in [0.1, 0.15) is 34.2 Å². The number of hydrogen-bond acceptors (Lipinski definition) is 4. The lowest BCUT2D eigenvalue weighted by molar-refractivity contribution is 0.102. The van der Waals surface area contributed by atoms with Crippen molar-refractivity contribution in [2.75, 3.05) is 5.75 Å². The van der Waals surface area contributed by atoms with E-state index in [0.29, 0.717) is 17.3 Å². The number of thioether (sulfide) groups is 1. The maximum absolute atomic E-state index is 13.1. The lowest BCUT2D eigenvalue weighted by atomic mass is 10.2. The predicted molar refractivity (Wildman–Crippen MR) is 131 cm³/mol. The van der Waals surface area contributed by atoms with E-state index in [2.05, 4.69) is 46.0 Å². The summed E-state index contributed by atoms with van der Waals surface area (Å²) in [6, 6.07) is 17.8. The van der Waals surface area contributed by atoms with Gasteiger partial charge in [0.15, 0.2) is 16.8 Å². The second-order valence-electron chi connectivity index (χ2n) is 7.72. The molecule has 4 rings (SSSR count). The lowest BCUT2D eigenvalue weighted by Crippen LogP contribution is -2.07. The first-order chi connectivity index (χ1) is 15.4. The van der Waals surface area contributed by atoms with E-state index in [4.69, 9.17) is 11.6 Å². The second-order valence-corrected chi connectivity index (χ2v) is 9.10. The van der Waals surface area contributed by atoms with Crippen molar-refractivity contribution in [3.63, 3.8) is 0 Å². The highest BCUT2D eigenvalue weighted by Gasteiger charge is 2.19. The monoisotopic (exact) mass is 464 g/mol. The fourth-order valence-corrected chi connectivity index (χ4v) is 4.85. The molecular weight excluding hydrogens is 440 g/mol.